The zero-order chi connectivity index (χ0) is 31.9. The maximum Gasteiger partial charge on any atom is 0.128 e. The topological polar surface area (TPSA) is 12.5 Å². The van der Waals surface area contributed by atoms with E-state index in [-0.39, 0.29) is 23.7 Å². The van der Waals surface area contributed by atoms with E-state index in [1.807, 2.05) is 0 Å². The quantitative estimate of drug-likeness (QED) is 0.172. The summed E-state index contributed by atoms with van der Waals surface area (Å²) < 4.78 is 7.23. The maximum atomic E-state index is 7.23. The van der Waals surface area contributed by atoms with E-state index in [2.05, 4.69) is 159 Å². The Morgan fingerprint density at radius 3 is 1.19 bits per heavy atom. The van der Waals surface area contributed by atoms with E-state index in [9.17, 15) is 0 Å². The molecule has 6 aliphatic carbocycles. The second-order valence-corrected chi connectivity index (χ2v) is 14.0. The van der Waals surface area contributed by atoms with Crippen molar-refractivity contribution in [1.29, 1.82) is 0 Å². The Hall–Kier alpha value is -5.18. The van der Waals surface area contributed by atoms with Crippen LogP contribution in [0.1, 0.15) is 102 Å². The fourth-order valence-electron chi connectivity index (χ4n) is 9.49. The minimum atomic E-state index is 0.117. The molecule has 6 aliphatic rings. The largest absolute Gasteiger partial charge is 0.492 e. The van der Waals surface area contributed by atoms with Gasteiger partial charge < -0.3 is 9.64 Å². The van der Waals surface area contributed by atoms with Gasteiger partial charge in [0.25, 0.3) is 0 Å². The van der Waals surface area contributed by atoms with Crippen LogP contribution in [0.15, 0.2) is 127 Å². The van der Waals surface area contributed by atoms with Crippen LogP contribution in [0.2, 0.25) is 0 Å². The van der Waals surface area contributed by atoms with Gasteiger partial charge in [-0.05, 0) is 80.9 Å². The van der Waals surface area contributed by atoms with Gasteiger partial charge in [-0.3, -0.25) is 0 Å². The van der Waals surface area contributed by atoms with E-state index in [1.165, 1.54) is 77.9 Å². The van der Waals surface area contributed by atoms with Crippen molar-refractivity contribution < 1.29 is 4.74 Å². The first-order valence-electron chi connectivity index (χ1n) is 17.3. The molecule has 0 amide bonds. The number of hydrogen-bond acceptors (Lipinski definition) is 2. The zero-order valence-corrected chi connectivity index (χ0v) is 27.4. The highest BCUT2D eigenvalue weighted by Gasteiger charge is 2.50. The lowest BCUT2D eigenvalue weighted by molar-refractivity contribution is 0.255. The SMILES string of the molecule is CN(C)CCOc1c2c(c(/C=C/c3ccccc3)c3c1C1c4ccccc4C3c3ccccc31)C1c3ccccc3C2c2ccccc21. The van der Waals surface area contributed by atoms with E-state index in [4.69, 9.17) is 4.74 Å². The molecule has 0 aromatic heterocycles. The van der Waals surface area contributed by atoms with Gasteiger partial charge in [0.15, 0.2) is 0 Å². The van der Waals surface area contributed by atoms with E-state index in [0.29, 0.717) is 6.61 Å². The molecule has 6 aromatic rings. The lowest BCUT2D eigenvalue weighted by Gasteiger charge is -2.49. The summed E-state index contributed by atoms with van der Waals surface area (Å²) in [7, 11) is 4.27. The molecule has 0 saturated heterocycles. The van der Waals surface area contributed by atoms with E-state index >= 15 is 0 Å². The summed E-state index contributed by atoms with van der Waals surface area (Å²) >= 11 is 0. The third kappa shape index (κ3) is 3.84. The molecule has 0 aliphatic heterocycles. The Labute approximate surface area is 283 Å². The van der Waals surface area contributed by atoms with Crippen LogP contribution < -0.4 is 4.74 Å². The third-order valence-corrected chi connectivity index (χ3v) is 11.3. The van der Waals surface area contributed by atoms with Crippen LogP contribution in [0.3, 0.4) is 0 Å². The third-order valence-electron chi connectivity index (χ3n) is 11.3. The number of likely N-dealkylation sites (N-methyl/N-ethyl adjacent to an activating group) is 1. The molecule has 0 saturated carbocycles. The fraction of sp³-hybridized carbons (Fsp3) is 0.174. The number of benzene rings is 6. The lowest BCUT2D eigenvalue weighted by atomic mass is 9.54. The summed E-state index contributed by atoms with van der Waals surface area (Å²) in [6.07, 6.45) is 4.79. The van der Waals surface area contributed by atoms with Crippen molar-refractivity contribution in [3.63, 3.8) is 0 Å². The lowest BCUT2D eigenvalue weighted by Crippen LogP contribution is -2.34. The fourth-order valence-corrected chi connectivity index (χ4v) is 9.49. The molecular weight excluding hydrogens is 583 g/mol. The van der Waals surface area contributed by atoms with Gasteiger partial charge in [0.05, 0.1) is 0 Å². The Morgan fingerprint density at radius 1 is 0.458 bits per heavy atom. The average Bonchev–Trinajstić information content (AvgIpc) is 3.14. The Bertz CT molecular complexity index is 2060. The molecule has 0 radical (unpaired) electrons. The van der Waals surface area contributed by atoms with Gasteiger partial charge in [0, 0.05) is 41.3 Å². The second kappa shape index (κ2) is 10.7. The highest BCUT2D eigenvalue weighted by molar-refractivity contribution is 5.86. The second-order valence-electron chi connectivity index (χ2n) is 14.0. The summed E-state index contributed by atoms with van der Waals surface area (Å²) in [4.78, 5) is 2.23. The monoisotopic (exact) mass is 619 g/mol. The standard InChI is InChI=1S/C46H37NO/c1-47(2)26-27-48-46-44-40-33-20-10-6-16-29(33)38(30-17-7-11-21-34(30)40)42(44)37(25-24-28-14-4-3-5-15-28)43-39-31-18-8-12-22-35(31)41(45(43)46)36-23-13-9-19-32(36)39/h3-25,38-41H,26-27H2,1-2H3/b25-24+. The molecule has 0 heterocycles. The summed E-state index contributed by atoms with van der Waals surface area (Å²) in [5, 5.41) is 0. The molecule has 4 bridgehead atoms. The van der Waals surface area contributed by atoms with Gasteiger partial charge in [0.2, 0.25) is 0 Å². The molecule has 0 N–H and O–H groups in total. The van der Waals surface area contributed by atoms with Crippen LogP contribution in [0.25, 0.3) is 12.2 Å². The van der Waals surface area contributed by atoms with Gasteiger partial charge in [-0.25, -0.2) is 0 Å². The smallest absolute Gasteiger partial charge is 0.128 e. The van der Waals surface area contributed by atoms with Crippen molar-refractivity contribution in [3.05, 3.63) is 205 Å². The highest BCUT2D eigenvalue weighted by Crippen LogP contribution is 2.66. The van der Waals surface area contributed by atoms with Gasteiger partial charge in [-0.1, -0.05) is 140 Å². The first-order chi connectivity index (χ1) is 23.7. The van der Waals surface area contributed by atoms with Gasteiger partial charge in [-0.2, -0.15) is 0 Å². The van der Waals surface area contributed by atoms with Gasteiger partial charge in [0.1, 0.15) is 12.4 Å². The summed E-state index contributed by atoms with van der Waals surface area (Å²) in [5.41, 5.74) is 19.7. The summed E-state index contributed by atoms with van der Waals surface area (Å²) in [5.74, 6) is 1.64. The van der Waals surface area contributed by atoms with Gasteiger partial charge >= 0.3 is 0 Å². The number of nitrogens with zero attached hydrogens (tertiary/aromatic N) is 1. The van der Waals surface area contributed by atoms with E-state index in [1.54, 1.807) is 0 Å². The van der Waals surface area contributed by atoms with Crippen molar-refractivity contribution in [3.8, 4) is 5.75 Å². The van der Waals surface area contributed by atoms with E-state index in [0.717, 1.165) is 12.3 Å². The van der Waals surface area contributed by atoms with Crippen molar-refractivity contribution in [2.45, 2.75) is 23.7 Å². The molecule has 0 spiro atoms. The minimum Gasteiger partial charge on any atom is -0.492 e. The molecule has 48 heavy (non-hydrogen) atoms. The molecule has 232 valence electrons. The van der Waals surface area contributed by atoms with Crippen molar-refractivity contribution in [2.75, 3.05) is 27.2 Å². The summed E-state index contributed by atoms with van der Waals surface area (Å²) in [6, 6.07) is 47.5. The van der Waals surface area contributed by atoms with Crippen LogP contribution in [-0.2, 0) is 0 Å². The van der Waals surface area contributed by atoms with Gasteiger partial charge in [-0.15, -0.1) is 0 Å². The highest BCUT2D eigenvalue weighted by atomic mass is 16.5. The predicted molar refractivity (Wildman–Crippen MR) is 195 cm³/mol. The van der Waals surface area contributed by atoms with Crippen LogP contribution in [0.5, 0.6) is 5.75 Å². The molecule has 0 atom stereocenters. The molecule has 2 heteroatoms. The van der Waals surface area contributed by atoms with E-state index < -0.39 is 0 Å². The first-order valence-corrected chi connectivity index (χ1v) is 17.3. The van der Waals surface area contributed by atoms with Crippen LogP contribution >= 0.6 is 0 Å². The molecule has 0 fully saturated rings. The Morgan fingerprint density at radius 2 is 0.812 bits per heavy atom. The predicted octanol–water partition coefficient (Wildman–Crippen LogP) is 9.77. The molecular formula is C46H37NO. The molecule has 2 nitrogen and oxygen atoms in total. The Balaban J connectivity index is 1.35. The normalized spacial score (nSPS) is 20.1. The number of hydrogen-bond donors (Lipinski definition) is 0. The Kier molecular flexibility index (Phi) is 6.20. The van der Waals surface area contributed by atoms with Crippen LogP contribution in [0.4, 0.5) is 0 Å². The van der Waals surface area contributed by atoms with Crippen LogP contribution in [-0.4, -0.2) is 32.1 Å². The minimum absolute atomic E-state index is 0.117. The first kappa shape index (κ1) is 27.9. The van der Waals surface area contributed by atoms with Crippen LogP contribution in [0, 0.1) is 0 Å². The maximum absolute atomic E-state index is 7.23. The molecule has 0 unspecified atom stereocenters. The van der Waals surface area contributed by atoms with Crippen molar-refractivity contribution in [2.24, 2.45) is 0 Å². The molecule has 6 aromatic carbocycles. The number of ether oxygens (including phenoxy) is 1. The summed E-state index contributed by atoms with van der Waals surface area (Å²) in [6.45, 7) is 1.51. The number of rotatable bonds is 6. The zero-order valence-electron chi connectivity index (χ0n) is 27.4. The van der Waals surface area contributed by atoms with Crippen molar-refractivity contribution >= 4 is 12.2 Å². The molecule has 12 rings (SSSR count). The average molecular weight is 620 g/mol. The van der Waals surface area contributed by atoms with Crippen molar-refractivity contribution in [1.82, 2.24) is 4.90 Å².